The highest BCUT2D eigenvalue weighted by Crippen LogP contribution is 2.64. The van der Waals surface area contributed by atoms with Gasteiger partial charge in [-0.25, -0.2) is 13.4 Å². The van der Waals surface area contributed by atoms with Gasteiger partial charge in [-0.05, 0) is 0 Å². The van der Waals surface area contributed by atoms with Gasteiger partial charge in [-0.1, -0.05) is 0 Å². The van der Waals surface area contributed by atoms with Gasteiger partial charge in [0.05, 0.1) is 13.2 Å². The van der Waals surface area contributed by atoms with Crippen LogP contribution in [0.1, 0.15) is 0 Å². The molecule has 2 N–H and O–H groups in total. The van der Waals surface area contributed by atoms with E-state index in [9.17, 15) is 37.8 Å². The van der Waals surface area contributed by atoms with Crippen LogP contribution in [0.5, 0.6) is 0 Å². The molecule has 0 aromatic carbocycles. The normalized spacial score (nSPS) is 57.4. The summed E-state index contributed by atoms with van der Waals surface area (Å²) in [7, 11) is -20.9. The lowest BCUT2D eigenvalue weighted by molar-refractivity contribution is -0.254. The van der Waals surface area contributed by atoms with Crippen molar-refractivity contribution in [2.75, 3.05) is 13.2 Å². The minimum atomic E-state index is -5.47. The van der Waals surface area contributed by atoms with Gasteiger partial charge in [-0.15, -0.1) is 0 Å². The second-order valence-electron chi connectivity index (χ2n) is 4.94. The molecule has 3 saturated heterocycles. The van der Waals surface area contributed by atoms with Crippen LogP contribution >= 0.6 is 31.3 Å². The summed E-state index contributed by atoms with van der Waals surface area (Å²) in [5, 5.41) is 0. The standard InChI is InChI=1S/C6H12O15P4/c7-22(8)15-1-3-5(18-24(11,12)20-22)6-4(17-3)2-16-23(9,10)21-25(13,14)19-6/h3-6H,1-2H2,(H,7,8)(H,9,10)(H,11,12)(H,13,14)/p-2/t3-,4-,5-,6-/m1/s1. The van der Waals surface area contributed by atoms with Gasteiger partial charge < -0.3 is 33.4 Å². The zero-order valence-electron chi connectivity index (χ0n) is 11.7. The molecule has 3 fully saturated rings. The SMILES string of the molecule is O=P1([O-])OC[C@H]2O[C@@H]3COP(=O)(O)OP(=O)(O)O[C@H]3[C@@H]2OP(=O)([O-])O1. The van der Waals surface area contributed by atoms with Crippen molar-refractivity contribution in [1.82, 2.24) is 0 Å². The minimum absolute atomic E-state index is 0.728. The van der Waals surface area contributed by atoms with E-state index in [1.54, 1.807) is 0 Å². The van der Waals surface area contributed by atoms with Crippen LogP contribution in [0.15, 0.2) is 0 Å². The quantitative estimate of drug-likeness (QED) is 0.415. The van der Waals surface area contributed by atoms with Crippen molar-refractivity contribution in [3.8, 4) is 0 Å². The highest BCUT2D eigenvalue weighted by molar-refractivity contribution is 7.61. The van der Waals surface area contributed by atoms with Crippen LogP contribution < -0.4 is 9.79 Å². The Balaban J connectivity index is 1.91. The van der Waals surface area contributed by atoms with Crippen LogP contribution in [-0.2, 0) is 49.7 Å². The first-order valence-electron chi connectivity index (χ1n) is 6.29. The summed E-state index contributed by atoms with van der Waals surface area (Å²) in [4.78, 5) is 41.6. The molecule has 4 unspecified atom stereocenters. The molecule has 0 aromatic heterocycles. The lowest BCUT2D eigenvalue weighted by Crippen LogP contribution is -2.41. The molecule has 25 heavy (non-hydrogen) atoms. The van der Waals surface area contributed by atoms with E-state index in [1.165, 1.54) is 0 Å². The van der Waals surface area contributed by atoms with E-state index in [4.69, 9.17) is 4.74 Å². The third-order valence-corrected chi connectivity index (χ3v) is 8.32. The van der Waals surface area contributed by atoms with Crippen LogP contribution in [0.2, 0.25) is 0 Å². The van der Waals surface area contributed by atoms with Crippen LogP contribution in [0.25, 0.3) is 0 Å². The Bertz CT molecular complexity index is 674. The monoisotopic (exact) mass is 446 g/mol. The third-order valence-electron chi connectivity index (χ3n) is 3.12. The summed E-state index contributed by atoms with van der Waals surface area (Å²) in [5.41, 5.74) is 0. The molecule has 146 valence electrons. The molecule has 0 saturated carbocycles. The maximum atomic E-state index is 11.7. The van der Waals surface area contributed by atoms with Crippen LogP contribution in [0.4, 0.5) is 0 Å². The molecule has 3 rings (SSSR count). The fourth-order valence-corrected chi connectivity index (χ4v) is 6.79. The highest BCUT2D eigenvalue weighted by Gasteiger charge is 2.55. The zero-order valence-corrected chi connectivity index (χ0v) is 15.3. The maximum absolute atomic E-state index is 11.7. The van der Waals surface area contributed by atoms with Gasteiger partial charge >= 0.3 is 15.6 Å². The molecular formula is C6H10O15P4-2. The predicted octanol–water partition coefficient (Wildman–Crippen LogP) is -1.24. The van der Waals surface area contributed by atoms with Gasteiger partial charge in [-0.3, -0.25) is 18.2 Å². The molecule has 0 radical (unpaired) electrons. The molecule has 19 heteroatoms. The Morgan fingerprint density at radius 1 is 0.760 bits per heavy atom. The van der Waals surface area contributed by atoms with Crippen molar-refractivity contribution >= 4 is 31.3 Å². The first-order chi connectivity index (χ1) is 11.3. The van der Waals surface area contributed by atoms with Crippen LogP contribution in [0.3, 0.4) is 0 Å². The van der Waals surface area contributed by atoms with E-state index >= 15 is 0 Å². The Morgan fingerprint density at radius 3 is 1.96 bits per heavy atom. The van der Waals surface area contributed by atoms with E-state index < -0.39 is 68.9 Å². The fourth-order valence-electron chi connectivity index (χ4n) is 2.30. The Kier molecular flexibility index (Phi) is 5.28. The molecule has 0 bridgehead atoms. The number of fused-ring (bicyclic) bond motifs is 3. The summed E-state index contributed by atoms with van der Waals surface area (Å²) in [5.74, 6) is 0. The molecular weight excluding hydrogens is 436 g/mol. The lowest BCUT2D eigenvalue weighted by atomic mass is 10.1. The summed E-state index contributed by atoms with van der Waals surface area (Å²) < 4.78 is 77.0. The highest BCUT2D eigenvalue weighted by atomic mass is 31.3. The third kappa shape index (κ3) is 4.85. The first-order valence-corrected chi connectivity index (χ1v) is 12.2. The predicted molar refractivity (Wildman–Crippen MR) is 67.3 cm³/mol. The van der Waals surface area contributed by atoms with Gasteiger partial charge in [0.2, 0.25) is 0 Å². The minimum Gasteiger partial charge on any atom is -0.756 e. The van der Waals surface area contributed by atoms with E-state index in [2.05, 4.69) is 26.7 Å². The molecule has 15 nitrogen and oxygen atoms in total. The number of hydrogen-bond acceptors (Lipinski definition) is 13. The second kappa shape index (κ2) is 6.52. The average Bonchev–Trinajstić information content (AvgIpc) is 2.66. The van der Waals surface area contributed by atoms with E-state index in [0.29, 0.717) is 0 Å². The van der Waals surface area contributed by atoms with Crippen LogP contribution in [0, 0.1) is 0 Å². The van der Waals surface area contributed by atoms with Crippen molar-refractivity contribution in [2.45, 2.75) is 24.4 Å². The number of phosphoric ester groups is 4. The molecule has 8 atom stereocenters. The zero-order chi connectivity index (χ0) is 18.7. The number of phosphoric acid groups is 4. The van der Waals surface area contributed by atoms with Crippen molar-refractivity contribution < 1.29 is 69.3 Å². The van der Waals surface area contributed by atoms with Crippen molar-refractivity contribution in [1.29, 1.82) is 0 Å². The smallest absolute Gasteiger partial charge is 0.481 e. The largest absolute Gasteiger partial charge is 0.756 e. The topological polar surface area (TPSA) is 219 Å². The second-order valence-corrected chi connectivity index (χ2v) is 10.8. The number of rotatable bonds is 0. The Labute approximate surface area is 139 Å². The average molecular weight is 446 g/mol. The van der Waals surface area contributed by atoms with E-state index in [0.717, 1.165) is 0 Å². The molecule has 3 aliphatic heterocycles. The maximum Gasteiger partial charge on any atom is 0.481 e. The molecule has 0 aromatic rings. The van der Waals surface area contributed by atoms with Gasteiger partial charge in [0.15, 0.2) is 0 Å². The Hall–Kier alpha value is 0.480. The molecule has 3 heterocycles. The summed E-state index contributed by atoms with van der Waals surface area (Å²) in [6, 6.07) is 0. The van der Waals surface area contributed by atoms with E-state index in [-0.39, 0.29) is 0 Å². The molecule has 0 amide bonds. The summed E-state index contributed by atoms with van der Waals surface area (Å²) >= 11 is 0. The number of hydrogen-bond donors (Lipinski definition) is 2. The fraction of sp³-hybridized carbons (Fsp3) is 1.00. The summed E-state index contributed by atoms with van der Waals surface area (Å²) in [6.07, 6.45) is -6.13. The van der Waals surface area contributed by atoms with Gasteiger partial charge in [-0.2, -0.15) is 4.31 Å². The van der Waals surface area contributed by atoms with Crippen molar-refractivity contribution in [3.63, 3.8) is 0 Å². The molecule has 0 spiro atoms. The van der Waals surface area contributed by atoms with Gasteiger partial charge in [0.1, 0.15) is 24.4 Å². The first kappa shape index (κ1) is 20.2. The number of ether oxygens (including phenoxy) is 1. The van der Waals surface area contributed by atoms with Gasteiger partial charge in [0.25, 0.3) is 15.6 Å². The van der Waals surface area contributed by atoms with Gasteiger partial charge in [0, 0.05) is 0 Å². The summed E-state index contributed by atoms with van der Waals surface area (Å²) in [6.45, 7) is -1.51. The van der Waals surface area contributed by atoms with Crippen LogP contribution in [-0.4, -0.2) is 47.4 Å². The van der Waals surface area contributed by atoms with E-state index in [1.807, 2.05) is 0 Å². The van der Waals surface area contributed by atoms with Crippen molar-refractivity contribution in [2.24, 2.45) is 0 Å². The molecule has 0 aliphatic carbocycles. The lowest BCUT2D eigenvalue weighted by Gasteiger charge is -2.37. The van der Waals surface area contributed by atoms with Crippen molar-refractivity contribution in [3.05, 3.63) is 0 Å². The Morgan fingerprint density at radius 2 is 1.32 bits per heavy atom. The molecule has 3 aliphatic rings.